The molecule has 2 N–H and O–H groups in total. The van der Waals surface area contributed by atoms with Crippen LogP contribution in [0, 0.1) is 11.3 Å². The second-order valence-corrected chi connectivity index (χ2v) is 4.53. The van der Waals surface area contributed by atoms with E-state index in [4.69, 9.17) is 10.4 Å². The summed E-state index contributed by atoms with van der Waals surface area (Å²) in [5.41, 5.74) is 1.46. The van der Waals surface area contributed by atoms with Crippen LogP contribution in [-0.4, -0.2) is 35.7 Å². The Morgan fingerprint density at radius 3 is 2.95 bits per heavy atom. The molecule has 0 spiro atoms. The van der Waals surface area contributed by atoms with Crippen molar-refractivity contribution in [2.24, 2.45) is 0 Å². The molecule has 0 aliphatic carbocycles. The highest BCUT2D eigenvalue weighted by molar-refractivity contribution is 5.73. The molecule has 5 nitrogen and oxygen atoms in total. The van der Waals surface area contributed by atoms with Gasteiger partial charge in [0.2, 0.25) is 0 Å². The number of hydrogen-bond donors (Lipinski definition) is 2. The molecule has 1 rings (SSSR count). The average molecular weight is 261 g/mol. The number of aliphatic hydroxyl groups is 1. The average Bonchev–Trinajstić information content (AvgIpc) is 2.42. The van der Waals surface area contributed by atoms with Crippen LogP contribution in [0.5, 0.6) is 0 Å². The first-order valence-electron chi connectivity index (χ1n) is 6.19. The minimum Gasteiger partial charge on any atom is -0.393 e. The zero-order valence-corrected chi connectivity index (χ0v) is 11.3. The molecule has 1 atom stereocenters. The second kappa shape index (κ2) is 7.39. The number of amides is 2. The van der Waals surface area contributed by atoms with Gasteiger partial charge in [0.25, 0.3) is 0 Å². The molecular formula is C14H19N3O2. The van der Waals surface area contributed by atoms with Crippen molar-refractivity contribution < 1.29 is 9.90 Å². The zero-order chi connectivity index (χ0) is 14.3. The highest BCUT2D eigenvalue weighted by atomic mass is 16.3. The van der Waals surface area contributed by atoms with E-state index in [0.29, 0.717) is 25.1 Å². The van der Waals surface area contributed by atoms with Gasteiger partial charge in [0.15, 0.2) is 0 Å². The Bertz CT molecular complexity index is 466. The molecular weight excluding hydrogens is 242 g/mol. The van der Waals surface area contributed by atoms with Crippen molar-refractivity contribution in [2.75, 3.05) is 13.6 Å². The molecule has 0 aliphatic heterocycles. The molecule has 102 valence electrons. The van der Waals surface area contributed by atoms with E-state index in [-0.39, 0.29) is 6.03 Å². The second-order valence-electron chi connectivity index (χ2n) is 4.53. The minimum absolute atomic E-state index is 0.192. The highest BCUT2D eigenvalue weighted by Crippen LogP contribution is 2.04. The summed E-state index contributed by atoms with van der Waals surface area (Å²) >= 11 is 0. The van der Waals surface area contributed by atoms with Crippen LogP contribution >= 0.6 is 0 Å². The third-order valence-corrected chi connectivity index (χ3v) is 2.73. The zero-order valence-electron chi connectivity index (χ0n) is 11.3. The lowest BCUT2D eigenvalue weighted by molar-refractivity contribution is 0.163. The molecule has 19 heavy (non-hydrogen) atoms. The van der Waals surface area contributed by atoms with Crippen LogP contribution in [0.4, 0.5) is 4.79 Å². The lowest BCUT2D eigenvalue weighted by atomic mass is 10.1. The standard InChI is InChI=1S/C14H19N3O2/c1-11(18)6-7-17(2)14(19)16-10-13-5-3-4-12(8-13)9-15/h3-5,8,11,18H,6-7,10H2,1-2H3,(H,16,19). The van der Waals surface area contributed by atoms with Gasteiger partial charge in [-0.1, -0.05) is 12.1 Å². The van der Waals surface area contributed by atoms with E-state index in [9.17, 15) is 4.79 Å². The lowest BCUT2D eigenvalue weighted by Gasteiger charge is -2.18. The molecule has 2 amide bonds. The Labute approximate surface area is 113 Å². The van der Waals surface area contributed by atoms with Crippen LogP contribution in [0.1, 0.15) is 24.5 Å². The summed E-state index contributed by atoms with van der Waals surface area (Å²) in [6, 6.07) is 8.98. The van der Waals surface area contributed by atoms with E-state index in [1.54, 1.807) is 32.2 Å². The molecule has 1 aromatic rings. The first-order valence-corrected chi connectivity index (χ1v) is 6.19. The molecule has 0 saturated heterocycles. The van der Waals surface area contributed by atoms with Gasteiger partial charge in [-0.05, 0) is 31.0 Å². The first-order chi connectivity index (χ1) is 9.02. The summed E-state index contributed by atoms with van der Waals surface area (Å²) in [5, 5.41) is 20.7. The van der Waals surface area contributed by atoms with Gasteiger partial charge in [0.1, 0.15) is 0 Å². The maximum atomic E-state index is 11.8. The monoisotopic (exact) mass is 261 g/mol. The maximum absolute atomic E-state index is 11.8. The van der Waals surface area contributed by atoms with Gasteiger partial charge in [-0.2, -0.15) is 5.26 Å². The van der Waals surface area contributed by atoms with E-state index in [1.165, 1.54) is 4.90 Å². The van der Waals surface area contributed by atoms with Crippen LogP contribution in [0.2, 0.25) is 0 Å². The van der Waals surface area contributed by atoms with Crippen LogP contribution in [0.15, 0.2) is 24.3 Å². The Hall–Kier alpha value is -2.06. The van der Waals surface area contributed by atoms with E-state index >= 15 is 0 Å². The van der Waals surface area contributed by atoms with Gasteiger partial charge in [-0.3, -0.25) is 0 Å². The third-order valence-electron chi connectivity index (χ3n) is 2.73. The predicted molar refractivity (Wildman–Crippen MR) is 72.3 cm³/mol. The molecule has 0 aliphatic rings. The van der Waals surface area contributed by atoms with Gasteiger partial charge in [-0.25, -0.2) is 4.79 Å². The van der Waals surface area contributed by atoms with E-state index in [2.05, 4.69) is 11.4 Å². The van der Waals surface area contributed by atoms with E-state index < -0.39 is 6.10 Å². The first kappa shape index (κ1) is 15.0. The van der Waals surface area contributed by atoms with Crippen molar-refractivity contribution in [3.63, 3.8) is 0 Å². The largest absolute Gasteiger partial charge is 0.393 e. The summed E-state index contributed by atoms with van der Waals surface area (Å²) in [6.07, 6.45) is 0.135. The minimum atomic E-state index is -0.414. The quantitative estimate of drug-likeness (QED) is 0.842. The van der Waals surface area contributed by atoms with Crippen molar-refractivity contribution >= 4 is 6.03 Å². The van der Waals surface area contributed by atoms with Gasteiger partial charge in [-0.15, -0.1) is 0 Å². The molecule has 0 radical (unpaired) electrons. The number of nitrogens with zero attached hydrogens (tertiary/aromatic N) is 2. The Balaban J connectivity index is 2.43. The number of carbonyl (C=O) groups is 1. The fourth-order valence-corrected chi connectivity index (χ4v) is 1.55. The van der Waals surface area contributed by atoms with Crippen molar-refractivity contribution in [3.05, 3.63) is 35.4 Å². The molecule has 5 heteroatoms. The van der Waals surface area contributed by atoms with Gasteiger partial charge >= 0.3 is 6.03 Å². The smallest absolute Gasteiger partial charge is 0.317 e. The number of hydrogen-bond acceptors (Lipinski definition) is 3. The fraction of sp³-hybridized carbons (Fsp3) is 0.429. The van der Waals surface area contributed by atoms with Crippen LogP contribution < -0.4 is 5.32 Å². The summed E-state index contributed by atoms with van der Waals surface area (Å²) in [6.45, 7) is 2.58. The number of nitriles is 1. The fourth-order valence-electron chi connectivity index (χ4n) is 1.55. The van der Waals surface area contributed by atoms with Crippen molar-refractivity contribution in [3.8, 4) is 6.07 Å². The van der Waals surface area contributed by atoms with Crippen molar-refractivity contribution in [2.45, 2.75) is 26.0 Å². The number of benzene rings is 1. The molecule has 0 heterocycles. The van der Waals surface area contributed by atoms with E-state index in [0.717, 1.165) is 5.56 Å². The molecule has 0 fully saturated rings. The Morgan fingerprint density at radius 1 is 1.58 bits per heavy atom. The number of urea groups is 1. The molecule has 1 aromatic carbocycles. The van der Waals surface area contributed by atoms with Crippen LogP contribution in [-0.2, 0) is 6.54 Å². The number of carbonyl (C=O) groups excluding carboxylic acids is 1. The van der Waals surface area contributed by atoms with Crippen molar-refractivity contribution in [1.29, 1.82) is 5.26 Å². The molecule has 0 bridgehead atoms. The summed E-state index contributed by atoms with van der Waals surface area (Å²) in [4.78, 5) is 13.3. The third kappa shape index (κ3) is 5.40. The topological polar surface area (TPSA) is 76.4 Å². The number of aliphatic hydroxyl groups excluding tert-OH is 1. The Morgan fingerprint density at radius 2 is 2.32 bits per heavy atom. The van der Waals surface area contributed by atoms with Crippen molar-refractivity contribution in [1.82, 2.24) is 10.2 Å². The summed E-state index contributed by atoms with van der Waals surface area (Å²) in [7, 11) is 1.68. The van der Waals surface area contributed by atoms with Gasteiger partial charge in [0.05, 0.1) is 17.7 Å². The summed E-state index contributed by atoms with van der Waals surface area (Å²) < 4.78 is 0. The molecule has 1 unspecified atom stereocenters. The van der Waals surface area contributed by atoms with Crippen LogP contribution in [0.25, 0.3) is 0 Å². The Kier molecular flexibility index (Phi) is 5.83. The normalized spacial score (nSPS) is 11.5. The number of nitrogens with one attached hydrogen (secondary N) is 1. The van der Waals surface area contributed by atoms with Crippen LogP contribution in [0.3, 0.4) is 0 Å². The molecule has 0 aromatic heterocycles. The van der Waals surface area contributed by atoms with Gasteiger partial charge < -0.3 is 15.3 Å². The predicted octanol–water partition coefficient (Wildman–Crippen LogP) is 1.47. The van der Waals surface area contributed by atoms with E-state index in [1.807, 2.05) is 6.07 Å². The highest BCUT2D eigenvalue weighted by Gasteiger charge is 2.08. The lowest BCUT2D eigenvalue weighted by Crippen LogP contribution is -2.38. The number of rotatable bonds is 5. The maximum Gasteiger partial charge on any atom is 0.317 e. The summed E-state index contributed by atoms with van der Waals surface area (Å²) in [5.74, 6) is 0. The molecule has 0 saturated carbocycles. The SMILES string of the molecule is CC(O)CCN(C)C(=O)NCc1cccc(C#N)c1. The van der Waals surface area contributed by atoms with Gasteiger partial charge in [0, 0.05) is 20.1 Å².